The Morgan fingerprint density at radius 1 is 1.00 bits per heavy atom. The molecule has 142 valence electrons. The van der Waals surface area contributed by atoms with E-state index in [-0.39, 0.29) is 11.8 Å². The van der Waals surface area contributed by atoms with Gasteiger partial charge in [-0.05, 0) is 37.0 Å². The Balaban J connectivity index is 1.52. The maximum Gasteiger partial charge on any atom is 0.321 e. The van der Waals surface area contributed by atoms with Crippen LogP contribution in [0.1, 0.15) is 42.4 Å². The molecule has 0 bridgehead atoms. The maximum atomic E-state index is 15.6. The third-order valence-electron chi connectivity index (χ3n) is 5.28. The van der Waals surface area contributed by atoms with Crippen molar-refractivity contribution in [2.45, 2.75) is 31.3 Å². The summed E-state index contributed by atoms with van der Waals surface area (Å²) < 4.78 is 27.4. The number of anilines is 1. The Morgan fingerprint density at radius 2 is 1.79 bits per heavy atom. The molecule has 1 N–H and O–H groups in total. The summed E-state index contributed by atoms with van der Waals surface area (Å²) in [5.74, 6) is 1.36. The summed E-state index contributed by atoms with van der Waals surface area (Å²) in [7, 11) is 0. The fraction of sp³-hybridized carbons (Fsp3) is 0.286. The van der Waals surface area contributed by atoms with Gasteiger partial charge in [-0.3, -0.25) is 0 Å². The van der Waals surface area contributed by atoms with Gasteiger partial charge in [0.1, 0.15) is 6.10 Å². The van der Waals surface area contributed by atoms with Crippen LogP contribution >= 0.6 is 0 Å². The molecular formula is C21H19FN4O2. The molecule has 1 saturated carbocycles. The molecule has 0 radical (unpaired) electrons. The Morgan fingerprint density at radius 3 is 2.57 bits per heavy atom. The van der Waals surface area contributed by atoms with Crippen molar-refractivity contribution in [2.24, 2.45) is 0 Å². The zero-order valence-electron chi connectivity index (χ0n) is 15.1. The monoisotopic (exact) mass is 378 g/mol. The fourth-order valence-corrected chi connectivity index (χ4v) is 3.58. The zero-order chi connectivity index (χ0) is 18.9. The van der Waals surface area contributed by atoms with Gasteiger partial charge in [-0.2, -0.15) is 0 Å². The van der Waals surface area contributed by atoms with E-state index in [2.05, 4.69) is 20.3 Å². The van der Waals surface area contributed by atoms with Crippen molar-refractivity contribution in [3.63, 3.8) is 0 Å². The number of ether oxygens (including phenoxy) is 2. The third-order valence-corrected chi connectivity index (χ3v) is 5.28. The highest BCUT2D eigenvalue weighted by Gasteiger charge is 2.31. The van der Waals surface area contributed by atoms with Gasteiger partial charge >= 0.3 is 6.01 Å². The van der Waals surface area contributed by atoms with Crippen LogP contribution in [0, 0.1) is 5.82 Å². The van der Waals surface area contributed by atoms with Crippen molar-refractivity contribution >= 4 is 5.82 Å². The minimum Gasteiger partial charge on any atom is -0.480 e. The Kier molecular flexibility index (Phi) is 4.27. The summed E-state index contributed by atoms with van der Waals surface area (Å²) in [6.07, 6.45) is 7.57. The molecule has 0 saturated heterocycles. The highest BCUT2D eigenvalue weighted by Crippen LogP contribution is 2.45. The highest BCUT2D eigenvalue weighted by atomic mass is 19.1. The van der Waals surface area contributed by atoms with Crippen molar-refractivity contribution in [3.8, 4) is 17.5 Å². The van der Waals surface area contributed by atoms with Crippen LogP contribution in [0.5, 0.6) is 17.5 Å². The molecule has 1 fully saturated rings. The summed E-state index contributed by atoms with van der Waals surface area (Å²) >= 11 is 0. The quantitative estimate of drug-likeness (QED) is 0.715. The van der Waals surface area contributed by atoms with Gasteiger partial charge in [-0.15, -0.1) is 0 Å². The van der Waals surface area contributed by atoms with Crippen LogP contribution in [0.2, 0.25) is 0 Å². The number of rotatable bonds is 4. The molecule has 3 heterocycles. The smallest absolute Gasteiger partial charge is 0.321 e. The zero-order valence-corrected chi connectivity index (χ0v) is 15.1. The normalized spacial score (nSPS) is 18.4. The summed E-state index contributed by atoms with van der Waals surface area (Å²) in [5.41, 5.74) is 1.31. The second-order valence-corrected chi connectivity index (χ2v) is 6.99. The lowest BCUT2D eigenvalue weighted by Gasteiger charge is -2.30. The molecule has 1 atom stereocenters. The van der Waals surface area contributed by atoms with E-state index >= 15 is 4.39 Å². The first-order chi connectivity index (χ1) is 13.8. The second-order valence-electron chi connectivity index (χ2n) is 6.99. The molecule has 7 heteroatoms. The summed E-state index contributed by atoms with van der Waals surface area (Å²) in [5, 5.41) is 3.20. The molecule has 0 spiro atoms. The van der Waals surface area contributed by atoms with Gasteiger partial charge in [0.25, 0.3) is 0 Å². The van der Waals surface area contributed by atoms with E-state index in [1.165, 1.54) is 0 Å². The number of fused-ring (bicyclic) bond motifs is 1. The van der Waals surface area contributed by atoms with Crippen LogP contribution in [0.3, 0.4) is 0 Å². The third kappa shape index (κ3) is 3.02. The average Bonchev–Trinajstić information content (AvgIpc) is 2.70. The van der Waals surface area contributed by atoms with E-state index in [1.807, 2.05) is 12.1 Å². The van der Waals surface area contributed by atoms with Crippen molar-refractivity contribution in [1.29, 1.82) is 0 Å². The van der Waals surface area contributed by atoms with Gasteiger partial charge in [0.15, 0.2) is 23.1 Å². The van der Waals surface area contributed by atoms with E-state index in [4.69, 9.17) is 9.47 Å². The molecule has 5 rings (SSSR count). The number of aromatic nitrogens is 3. The van der Waals surface area contributed by atoms with Gasteiger partial charge < -0.3 is 14.8 Å². The molecule has 1 aromatic carbocycles. The molecule has 1 aliphatic carbocycles. The Bertz CT molecular complexity index is 995. The molecule has 3 aromatic rings. The summed E-state index contributed by atoms with van der Waals surface area (Å²) in [4.78, 5) is 12.4. The van der Waals surface area contributed by atoms with Gasteiger partial charge in [0.05, 0.1) is 6.54 Å². The van der Waals surface area contributed by atoms with Crippen LogP contribution in [-0.4, -0.2) is 21.5 Å². The highest BCUT2D eigenvalue weighted by molar-refractivity contribution is 5.53. The minimum absolute atomic E-state index is 0.136. The number of halogens is 1. The van der Waals surface area contributed by atoms with Gasteiger partial charge in [-0.25, -0.2) is 19.3 Å². The topological polar surface area (TPSA) is 69.2 Å². The standard InChI is InChI=1S/C21H19FN4O2/c22-18-15(17-12-26-20-16(27-17)6-2-9-23-20)8-7-14(13-4-1-5-13)19(18)28-21-24-10-3-11-25-21/h2-3,6-11,13,17H,1,4-5,12H2,(H,23,26). The van der Waals surface area contributed by atoms with Crippen molar-refractivity contribution in [1.82, 2.24) is 15.0 Å². The lowest BCUT2D eigenvalue weighted by Crippen LogP contribution is -2.25. The lowest BCUT2D eigenvalue weighted by molar-refractivity contribution is 0.202. The number of hydrogen-bond donors (Lipinski definition) is 1. The molecule has 0 amide bonds. The maximum absolute atomic E-state index is 15.6. The van der Waals surface area contributed by atoms with E-state index in [0.717, 1.165) is 24.8 Å². The van der Waals surface area contributed by atoms with Crippen molar-refractivity contribution in [2.75, 3.05) is 11.9 Å². The SMILES string of the molecule is Fc1c(C2CNc3ncccc3O2)ccc(C2CCC2)c1Oc1ncccn1. The lowest BCUT2D eigenvalue weighted by atomic mass is 9.79. The number of nitrogens with zero attached hydrogens (tertiary/aromatic N) is 3. The van der Waals surface area contributed by atoms with E-state index in [0.29, 0.717) is 29.6 Å². The number of pyridine rings is 1. The molecule has 6 nitrogen and oxygen atoms in total. The van der Waals surface area contributed by atoms with E-state index in [9.17, 15) is 0 Å². The van der Waals surface area contributed by atoms with Crippen molar-refractivity contribution in [3.05, 3.63) is 65.9 Å². The molecule has 28 heavy (non-hydrogen) atoms. The Labute approximate surface area is 161 Å². The van der Waals surface area contributed by atoms with Gasteiger partial charge in [0.2, 0.25) is 0 Å². The van der Waals surface area contributed by atoms with Crippen LogP contribution in [0.15, 0.2) is 48.9 Å². The average molecular weight is 378 g/mol. The first-order valence-electron chi connectivity index (χ1n) is 9.42. The van der Waals surface area contributed by atoms with E-state index < -0.39 is 11.9 Å². The fourth-order valence-electron chi connectivity index (χ4n) is 3.58. The largest absolute Gasteiger partial charge is 0.480 e. The summed E-state index contributed by atoms with van der Waals surface area (Å²) in [6, 6.07) is 9.19. The van der Waals surface area contributed by atoms with Crippen molar-refractivity contribution < 1.29 is 13.9 Å². The first-order valence-corrected chi connectivity index (χ1v) is 9.42. The summed E-state index contributed by atoms with van der Waals surface area (Å²) in [6.45, 7) is 0.422. The number of benzene rings is 1. The van der Waals surface area contributed by atoms with Crippen LogP contribution in [-0.2, 0) is 0 Å². The number of nitrogens with one attached hydrogen (secondary N) is 1. The van der Waals surface area contributed by atoms with Crippen LogP contribution < -0.4 is 14.8 Å². The number of hydrogen-bond acceptors (Lipinski definition) is 6. The van der Waals surface area contributed by atoms with Crippen LogP contribution in [0.25, 0.3) is 0 Å². The molecule has 1 unspecified atom stereocenters. The second kappa shape index (κ2) is 7.07. The van der Waals surface area contributed by atoms with Crippen LogP contribution in [0.4, 0.5) is 10.2 Å². The first kappa shape index (κ1) is 16.9. The molecule has 2 aromatic heterocycles. The minimum atomic E-state index is -0.480. The molecule has 2 aliphatic rings. The van der Waals surface area contributed by atoms with E-state index in [1.54, 1.807) is 36.8 Å². The Hall–Kier alpha value is -3.22. The van der Waals surface area contributed by atoms with Gasteiger partial charge in [0, 0.05) is 29.7 Å². The molecular weight excluding hydrogens is 359 g/mol. The predicted octanol–water partition coefficient (Wildman–Crippen LogP) is 4.62. The van der Waals surface area contributed by atoms with Gasteiger partial charge in [-0.1, -0.05) is 18.6 Å². The predicted molar refractivity (Wildman–Crippen MR) is 101 cm³/mol. The molecule has 1 aliphatic heterocycles.